The van der Waals surface area contributed by atoms with Crippen LogP contribution in [0.4, 0.5) is 13.2 Å². The summed E-state index contributed by atoms with van der Waals surface area (Å²) in [4.78, 5) is 13.6. The van der Waals surface area contributed by atoms with Gasteiger partial charge in [-0.1, -0.05) is 13.8 Å². The Morgan fingerprint density at radius 3 is 2.41 bits per heavy atom. The summed E-state index contributed by atoms with van der Waals surface area (Å²) in [5, 5.41) is 0. The molecule has 0 spiro atoms. The van der Waals surface area contributed by atoms with Gasteiger partial charge in [-0.15, -0.1) is 0 Å². The average Bonchev–Trinajstić information content (AvgIpc) is 3.70. The van der Waals surface area contributed by atoms with E-state index >= 15 is 0 Å². The van der Waals surface area contributed by atoms with Gasteiger partial charge in [0.2, 0.25) is 0 Å². The lowest BCUT2D eigenvalue weighted by Crippen LogP contribution is -2.16. The molecule has 2 aliphatic rings. The maximum atomic E-state index is 14.0. The summed E-state index contributed by atoms with van der Waals surface area (Å²) >= 11 is 0. The van der Waals surface area contributed by atoms with Crippen LogP contribution in [0.5, 0.6) is 5.75 Å². The zero-order valence-electron chi connectivity index (χ0n) is 18.3. The minimum atomic E-state index is -4.54. The Hall–Kier alpha value is -2.64. The van der Waals surface area contributed by atoms with E-state index in [4.69, 9.17) is 9.72 Å². The van der Waals surface area contributed by atoms with Crippen molar-refractivity contribution in [3.63, 3.8) is 0 Å². The maximum absolute atomic E-state index is 14.0. The molecule has 2 saturated carbocycles. The minimum Gasteiger partial charge on any atom is -0.494 e. The molecular formula is C24H27F3N4O. The number of fused-ring (bicyclic) bond motifs is 1. The largest absolute Gasteiger partial charge is 0.494 e. The Morgan fingerprint density at radius 1 is 1.09 bits per heavy atom. The summed E-state index contributed by atoms with van der Waals surface area (Å²) in [7, 11) is 0. The lowest BCUT2D eigenvalue weighted by Gasteiger charge is -2.20. The van der Waals surface area contributed by atoms with Gasteiger partial charge in [0.15, 0.2) is 5.65 Å². The Labute approximate surface area is 185 Å². The fourth-order valence-corrected chi connectivity index (χ4v) is 4.67. The molecule has 0 radical (unpaired) electrons. The molecule has 5 nitrogen and oxygen atoms in total. The number of hydrogen-bond donors (Lipinski definition) is 0. The normalized spacial score (nSPS) is 16.8. The summed E-state index contributed by atoms with van der Waals surface area (Å²) in [6, 6.07) is 4.42. The average molecular weight is 445 g/mol. The number of halogens is 3. The van der Waals surface area contributed by atoms with Gasteiger partial charge in [0.25, 0.3) is 0 Å². The smallest absolute Gasteiger partial charge is 0.417 e. The van der Waals surface area contributed by atoms with Gasteiger partial charge in [0.05, 0.1) is 12.2 Å². The predicted octanol–water partition coefficient (Wildman–Crippen LogP) is 6.22. The minimum absolute atomic E-state index is 0.00967. The number of rotatable bonds is 8. The summed E-state index contributed by atoms with van der Waals surface area (Å²) < 4.78 is 49.7. The number of alkyl halides is 3. The number of hydrogen-bond acceptors (Lipinski definition) is 4. The van der Waals surface area contributed by atoms with E-state index < -0.39 is 11.7 Å². The molecule has 2 aromatic heterocycles. The fraction of sp³-hybridized carbons (Fsp3) is 0.542. The Balaban J connectivity index is 1.67. The lowest BCUT2D eigenvalue weighted by atomic mass is 10.0. The number of benzene rings is 1. The highest BCUT2D eigenvalue weighted by atomic mass is 19.4. The van der Waals surface area contributed by atoms with E-state index in [2.05, 4.69) is 14.5 Å². The molecule has 0 N–H and O–H groups in total. The van der Waals surface area contributed by atoms with Gasteiger partial charge >= 0.3 is 6.18 Å². The van der Waals surface area contributed by atoms with Crippen LogP contribution in [0.25, 0.3) is 22.4 Å². The van der Waals surface area contributed by atoms with Crippen molar-refractivity contribution < 1.29 is 17.9 Å². The molecule has 2 fully saturated rings. The Kier molecular flexibility index (Phi) is 5.34. The molecule has 0 atom stereocenters. The van der Waals surface area contributed by atoms with E-state index in [0.29, 0.717) is 42.1 Å². The van der Waals surface area contributed by atoms with Crippen LogP contribution in [0, 0.1) is 11.8 Å². The number of aromatic nitrogens is 4. The summed E-state index contributed by atoms with van der Waals surface area (Å²) in [6.45, 7) is 4.31. The second kappa shape index (κ2) is 8.05. The first-order valence-electron chi connectivity index (χ1n) is 11.5. The zero-order valence-corrected chi connectivity index (χ0v) is 18.3. The molecular weight excluding hydrogens is 417 g/mol. The van der Waals surface area contributed by atoms with Gasteiger partial charge in [0, 0.05) is 18.0 Å². The van der Waals surface area contributed by atoms with Crippen LogP contribution in [0.15, 0.2) is 24.5 Å². The number of ether oxygens (including phenoxy) is 1. The Morgan fingerprint density at radius 2 is 1.81 bits per heavy atom. The summed E-state index contributed by atoms with van der Waals surface area (Å²) in [6.07, 6.45) is 3.02. The van der Waals surface area contributed by atoms with Crippen molar-refractivity contribution in [2.45, 2.75) is 64.6 Å². The van der Waals surface area contributed by atoms with E-state index in [-0.39, 0.29) is 17.0 Å². The van der Waals surface area contributed by atoms with Crippen LogP contribution in [-0.4, -0.2) is 26.1 Å². The van der Waals surface area contributed by atoms with Crippen molar-refractivity contribution in [2.75, 3.05) is 6.61 Å². The van der Waals surface area contributed by atoms with Crippen LogP contribution < -0.4 is 4.74 Å². The van der Waals surface area contributed by atoms with Gasteiger partial charge in [-0.3, -0.25) is 0 Å². The molecule has 1 aromatic carbocycles. The topological polar surface area (TPSA) is 52.8 Å². The standard InChI is InChI=1S/C24H27F3N4O/c1-3-11-32-16-9-10-17(18(12-16)24(25,26)27)20-21-23(29-13-28-20)31(19(4-2)30-21)22(14-5-6-14)15-7-8-15/h9-10,12-15,22H,3-8,11H2,1-2H3. The molecule has 3 aromatic rings. The second-order valence-corrected chi connectivity index (χ2v) is 8.87. The third-order valence-corrected chi connectivity index (χ3v) is 6.40. The molecule has 5 rings (SSSR count). The predicted molar refractivity (Wildman–Crippen MR) is 115 cm³/mol. The molecule has 0 unspecified atom stereocenters. The summed E-state index contributed by atoms with van der Waals surface area (Å²) in [5.74, 6) is 2.31. The van der Waals surface area contributed by atoms with E-state index in [1.54, 1.807) is 6.07 Å². The first-order chi connectivity index (χ1) is 15.4. The van der Waals surface area contributed by atoms with E-state index in [9.17, 15) is 13.2 Å². The van der Waals surface area contributed by atoms with Crippen molar-refractivity contribution in [2.24, 2.45) is 11.8 Å². The first-order valence-corrected chi connectivity index (χ1v) is 11.5. The van der Waals surface area contributed by atoms with Crippen molar-refractivity contribution in [3.8, 4) is 17.0 Å². The van der Waals surface area contributed by atoms with Gasteiger partial charge in [-0.25, -0.2) is 15.0 Å². The van der Waals surface area contributed by atoms with Gasteiger partial charge in [-0.2, -0.15) is 13.2 Å². The van der Waals surface area contributed by atoms with Crippen molar-refractivity contribution in [1.29, 1.82) is 0 Å². The van der Waals surface area contributed by atoms with Crippen LogP contribution in [0.1, 0.15) is 63.4 Å². The maximum Gasteiger partial charge on any atom is 0.417 e. The fourth-order valence-electron chi connectivity index (χ4n) is 4.67. The molecule has 2 heterocycles. The number of imidazole rings is 1. The third-order valence-electron chi connectivity index (χ3n) is 6.40. The number of aryl methyl sites for hydroxylation is 1. The van der Waals surface area contributed by atoms with Gasteiger partial charge in [0.1, 0.15) is 29.1 Å². The molecule has 0 aliphatic heterocycles. The van der Waals surface area contributed by atoms with E-state index in [1.165, 1.54) is 38.1 Å². The summed E-state index contributed by atoms with van der Waals surface area (Å²) in [5.41, 5.74) is 0.566. The molecule has 2 aliphatic carbocycles. The number of nitrogens with zero attached hydrogens (tertiary/aromatic N) is 4. The Bertz CT molecular complexity index is 1120. The first kappa shape index (κ1) is 21.2. The van der Waals surface area contributed by atoms with Crippen molar-refractivity contribution >= 4 is 11.2 Å². The van der Waals surface area contributed by atoms with Crippen LogP contribution >= 0.6 is 0 Å². The molecule has 0 amide bonds. The highest BCUT2D eigenvalue weighted by Crippen LogP contribution is 2.53. The zero-order chi connectivity index (χ0) is 22.5. The highest BCUT2D eigenvalue weighted by molar-refractivity contribution is 5.89. The van der Waals surface area contributed by atoms with E-state index in [0.717, 1.165) is 18.3 Å². The van der Waals surface area contributed by atoms with Gasteiger partial charge in [-0.05, 0) is 62.1 Å². The van der Waals surface area contributed by atoms with E-state index in [1.807, 2.05) is 13.8 Å². The van der Waals surface area contributed by atoms with Crippen molar-refractivity contribution in [1.82, 2.24) is 19.5 Å². The molecule has 0 bridgehead atoms. The quantitative estimate of drug-likeness (QED) is 0.414. The highest BCUT2D eigenvalue weighted by Gasteiger charge is 2.44. The van der Waals surface area contributed by atoms with Crippen LogP contribution in [-0.2, 0) is 12.6 Å². The second-order valence-electron chi connectivity index (χ2n) is 8.87. The van der Waals surface area contributed by atoms with Crippen molar-refractivity contribution in [3.05, 3.63) is 35.9 Å². The molecule has 32 heavy (non-hydrogen) atoms. The van der Waals surface area contributed by atoms with Crippen LogP contribution in [0.3, 0.4) is 0 Å². The monoisotopic (exact) mass is 444 g/mol. The lowest BCUT2D eigenvalue weighted by molar-refractivity contribution is -0.137. The molecule has 0 saturated heterocycles. The van der Waals surface area contributed by atoms with Crippen LogP contribution in [0.2, 0.25) is 0 Å². The SMILES string of the molecule is CCCOc1ccc(-c2ncnc3c2nc(CC)n3C(C2CC2)C2CC2)c(C(F)(F)F)c1. The van der Waals surface area contributed by atoms with Gasteiger partial charge < -0.3 is 9.30 Å². The molecule has 170 valence electrons. The molecule has 8 heteroatoms. The third kappa shape index (κ3) is 3.84.